The van der Waals surface area contributed by atoms with Gasteiger partial charge in [-0.1, -0.05) is 6.07 Å². The van der Waals surface area contributed by atoms with Crippen molar-refractivity contribution < 1.29 is 4.74 Å². The van der Waals surface area contributed by atoms with Crippen LogP contribution in [0.5, 0.6) is 5.75 Å². The molecule has 0 spiro atoms. The third-order valence-corrected chi connectivity index (χ3v) is 4.16. The second-order valence-electron chi connectivity index (χ2n) is 4.66. The zero-order valence-electron chi connectivity index (χ0n) is 10.5. The maximum absolute atomic E-state index is 5.33. The summed E-state index contributed by atoms with van der Waals surface area (Å²) in [6.07, 6.45) is 2.64. The smallest absolute Gasteiger partial charge is 0.119 e. The molecule has 0 atom stereocenters. The van der Waals surface area contributed by atoms with Crippen LogP contribution in [0.4, 0.5) is 0 Å². The lowest BCUT2D eigenvalue weighted by Gasteiger charge is -2.11. The highest BCUT2D eigenvalue weighted by molar-refractivity contribution is 7.13. The molecule has 1 aliphatic carbocycles. The van der Waals surface area contributed by atoms with E-state index in [1.165, 1.54) is 28.8 Å². The summed E-state index contributed by atoms with van der Waals surface area (Å²) in [6.45, 7) is 0.926. The van der Waals surface area contributed by atoms with Gasteiger partial charge >= 0.3 is 0 Å². The molecule has 0 aliphatic heterocycles. The second-order valence-corrected chi connectivity index (χ2v) is 5.60. The molecule has 0 bridgehead atoms. The van der Waals surface area contributed by atoms with Gasteiger partial charge < -0.3 is 10.1 Å². The first-order valence-corrected chi connectivity index (χ1v) is 7.19. The van der Waals surface area contributed by atoms with Gasteiger partial charge in [-0.3, -0.25) is 0 Å². The SMILES string of the molecule is COc1ccc(-c2cccs2)c(CNC2CC2)c1. The number of rotatable bonds is 5. The molecule has 1 fully saturated rings. The Kier molecular flexibility index (Phi) is 3.35. The molecule has 0 unspecified atom stereocenters. The predicted octanol–water partition coefficient (Wildman–Crippen LogP) is 3.68. The van der Waals surface area contributed by atoms with Crippen molar-refractivity contribution in [3.05, 3.63) is 41.3 Å². The highest BCUT2D eigenvalue weighted by Crippen LogP contribution is 2.31. The van der Waals surface area contributed by atoms with Gasteiger partial charge in [0.15, 0.2) is 0 Å². The lowest BCUT2D eigenvalue weighted by Crippen LogP contribution is -2.15. The minimum absolute atomic E-state index is 0.729. The summed E-state index contributed by atoms with van der Waals surface area (Å²) in [5.74, 6) is 0.933. The molecule has 3 heteroatoms. The number of ether oxygens (including phenoxy) is 1. The van der Waals surface area contributed by atoms with Crippen molar-refractivity contribution in [1.29, 1.82) is 0 Å². The fourth-order valence-corrected chi connectivity index (χ4v) is 2.84. The predicted molar refractivity (Wildman–Crippen MR) is 76.2 cm³/mol. The van der Waals surface area contributed by atoms with Gasteiger partial charge in [-0.15, -0.1) is 11.3 Å². The van der Waals surface area contributed by atoms with Crippen LogP contribution in [0, 0.1) is 0 Å². The van der Waals surface area contributed by atoms with E-state index in [9.17, 15) is 0 Å². The Morgan fingerprint density at radius 1 is 1.33 bits per heavy atom. The van der Waals surface area contributed by atoms with Crippen molar-refractivity contribution in [1.82, 2.24) is 5.32 Å². The summed E-state index contributed by atoms with van der Waals surface area (Å²) in [4.78, 5) is 1.32. The van der Waals surface area contributed by atoms with Gasteiger partial charge in [0.1, 0.15) is 5.75 Å². The Hall–Kier alpha value is -1.32. The van der Waals surface area contributed by atoms with Gasteiger partial charge in [0, 0.05) is 17.5 Å². The molecular weight excluding hydrogens is 242 g/mol. The second kappa shape index (κ2) is 5.12. The molecule has 1 heterocycles. The molecule has 1 saturated carbocycles. The Morgan fingerprint density at radius 3 is 2.89 bits per heavy atom. The highest BCUT2D eigenvalue weighted by atomic mass is 32.1. The van der Waals surface area contributed by atoms with Crippen molar-refractivity contribution in [3.8, 4) is 16.2 Å². The van der Waals surface area contributed by atoms with Gasteiger partial charge in [-0.25, -0.2) is 0 Å². The molecule has 1 N–H and O–H groups in total. The number of hydrogen-bond donors (Lipinski definition) is 1. The quantitative estimate of drug-likeness (QED) is 0.884. The van der Waals surface area contributed by atoms with E-state index in [1.54, 1.807) is 18.4 Å². The van der Waals surface area contributed by atoms with E-state index in [0.717, 1.165) is 18.3 Å². The number of nitrogens with one attached hydrogen (secondary N) is 1. The Labute approximate surface area is 112 Å². The summed E-state index contributed by atoms with van der Waals surface area (Å²) in [5, 5.41) is 5.70. The van der Waals surface area contributed by atoms with Crippen LogP contribution in [-0.4, -0.2) is 13.2 Å². The van der Waals surface area contributed by atoms with Crippen LogP contribution in [0.1, 0.15) is 18.4 Å². The maximum Gasteiger partial charge on any atom is 0.119 e. The van der Waals surface area contributed by atoms with Crippen LogP contribution < -0.4 is 10.1 Å². The van der Waals surface area contributed by atoms with E-state index in [4.69, 9.17) is 4.74 Å². The zero-order valence-corrected chi connectivity index (χ0v) is 11.3. The first-order valence-electron chi connectivity index (χ1n) is 6.31. The third kappa shape index (κ3) is 2.57. The molecule has 1 aromatic carbocycles. The largest absolute Gasteiger partial charge is 0.497 e. The first-order chi connectivity index (χ1) is 8.86. The highest BCUT2D eigenvalue weighted by Gasteiger charge is 2.20. The number of benzene rings is 1. The number of methoxy groups -OCH3 is 1. The molecule has 1 aliphatic rings. The number of thiophene rings is 1. The van der Waals surface area contributed by atoms with Crippen LogP contribution >= 0.6 is 11.3 Å². The Bertz CT molecular complexity index is 517. The van der Waals surface area contributed by atoms with Gasteiger partial charge in [0.05, 0.1) is 7.11 Å². The molecule has 94 valence electrons. The Morgan fingerprint density at radius 2 is 2.22 bits per heavy atom. The van der Waals surface area contributed by atoms with Crippen LogP contribution in [0.3, 0.4) is 0 Å². The molecular formula is C15H17NOS. The molecule has 18 heavy (non-hydrogen) atoms. The summed E-state index contributed by atoms with van der Waals surface area (Å²) in [6, 6.07) is 11.3. The minimum Gasteiger partial charge on any atom is -0.497 e. The normalized spacial score (nSPS) is 14.7. The average molecular weight is 259 g/mol. The minimum atomic E-state index is 0.729. The summed E-state index contributed by atoms with van der Waals surface area (Å²) in [5.41, 5.74) is 2.64. The Balaban J connectivity index is 1.90. The van der Waals surface area contributed by atoms with E-state index in [0.29, 0.717) is 0 Å². The molecule has 0 radical (unpaired) electrons. The van der Waals surface area contributed by atoms with E-state index in [1.807, 2.05) is 6.07 Å². The zero-order chi connectivity index (χ0) is 12.4. The standard InChI is InChI=1S/C15H17NOS/c1-17-13-6-7-14(15-3-2-8-18-15)11(9-13)10-16-12-4-5-12/h2-3,6-9,12,16H,4-5,10H2,1H3. The molecule has 3 rings (SSSR count). The third-order valence-electron chi connectivity index (χ3n) is 3.26. The number of hydrogen-bond acceptors (Lipinski definition) is 3. The monoisotopic (exact) mass is 259 g/mol. The van der Waals surface area contributed by atoms with E-state index < -0.39 is 0 Å². The van der Waals surface area contributed by atoms with E-state index >= 15 is 0 Å². The van der Waals surface area contributed by atoms with Crippen molar-refractivity contribution in [2.75, 3.05) is 7.11 Å². The van der Waals surface area contributed by atoms with Crippen LogP contribution in [0.25, 0.3) is 10.4 Å². The molecule has 2 aromatic rings. The maximum atomic E-state index is 5.33. The fraction of sp³-hybridized carbons (Fsp3) is 0.333. The average Bonchev–Trinajstić information content (AvgIpc) is 3.08. The summed E-state index contributed by atoms with van der Waals surface area (Å²) < 4.78 is 5.33. The fourth-order valence-electron chi connectivity index (χ4n) is 2.06. The van der Waals surface area contributed by atoms with Crippen molar-refractivity contribution in [2.24, 2.45) is 0 Å². The van der Waals surface area contributed by atoms with Gasteiger partial charge in [0.2, 0.25) is 0 Å². The van der Waals surface area contributed by atoms with Crippen LogP contribution in [-0.2, 0) is 6.54 Å². The topological polar surface area (TPSA) is 21.3 Å². The lowest BCUT2D eigenvalue weighted by atomic mass is 10.1. The molecule has 0 saturated heterocycles. The molecule has 0 amide bonds. The molecule has 2 nitrogen and oxygen atoms in total. The first kappa shape index (κ1) is 11.8. The van der Waals surface area contributed by atoms with E-state index in [2.05, 4.69) is 35.0 Å². The van der Waals surface area contributed by atoms with E-state index in [-0.39, 0.29) is 0 Å². The summed E-state index contributed by atoms with van der Waals surface area (Å²) in [7, 11) is 1.72. The van der Waals surface area contributed by atoms with Crippen molar-refractivity contribution in [2.45, 2.75) is 25.4 Å². The van der Waals surface area contributed by atoms with Crippen molar-refractivity contribution in [3.63, 3.8) is 0 Å². The van der Waals surface area contributed by atoms with Crippen molar-refractivity contribution >= 4 is 11.3 Å². The van der Waals surface area contributed by atoms with Crippen LogP contribution in [0.2, 0.25) is 0 Å². The summed E-state index contributed by atoms with van der Waals surface area (Å²) >= 11 is 1.78. The van der Waals surface area contributed by atoms with Gasteiger partial charge in [-0.05, 0) is 53.6 Å². The van der Waals surface area contributed by atoms with Gasteiger partial charge in [0.25, 0.3) is 0 Å². The van der Waals surface area contributed by atoms with Crippen LogP contribution in [0.15, 0.2) is 35.7 Å². The lowest BCUT2D eigenvalue weighted by molar-refractivity contribution is 0.414. The molecule has 1 aromatic heterocycles. The van der Waals surface area contributed by atoms with Gasteiger partial charge in [-0.2, -0.15) is 0 Å².